The largest absolute Gasteiger partial charge is 0.394 e. The minimum Gasteiger partial charge on any atom is -0.394 e. The summed E-state index contributed by atoms with van der Waals surface area (Å²) in [4.78, 5) is 17.1. The van der Waals surface area contributed by atoms with E-state index < -0.39 is 0 Å². The fourth-order valence-corrected chi connectivity index (χ4v) is 5.46. The topological polar surface area (TPSA) is 73.6 Å². The van der Waals surface area contributed by atoms with Crippen LogP contribution in [0.4, 0.5) is 10.1 Å². The molecule has 0 spiro atoms. The maximum absolute atomic E-state index is 14.6. The van der Waals surface area contributed by atoms with E-state index in [1.54, 1.807) is 18.3 Å². The van der Waals surface area contributed by atoms with Crippen LogP contribution in [-0.2, 0) is 4.79 Å². The van der Waals surface area contributed by atoms with Crippen LogP contribution in [0.5, 0.6) is 0 Å². The number of nitrogens with zero attached hydrogens (tertiary/aromatic N) is 4. The van der Waals surface area contributed by atoms with Gasteiger partial charge in [-0.2, -0.15) is 5.10 Å². The van der Waals surface area contributed by atoms with Crippen molar-refractivity contribution < 1.29 is 14.3 Å². The summed E-state index contributed by atoms with van der Waals surface area (Å²) in [5.41, 5.74) is 2.41. The number of hydrogen-bond acceptors (Lipinski definition) is 5. The van der Waals surface area contributed by atoms with Gasteiger partial charge in [0, 0.05) is 41.3 Å². The summed E-state index contributed by atoms with van der Waals surface area (Å²) >= 11 is 5.93. The van der Waals surface area contributed by atoms with E-state index in [0.717, 1.165) is 42.4 Å². The number of piperazine rings is 1. The number of carbonyl (C=O) groups is 1. The van der Waals surface area contributed by atoms with Gasteiger partial charge in [-0.3, -0.25) is 9.48 Å². The molecule has 1 amide bonds. The lowest BCUT2D eigenvalue weighted by Crippen LogP contribution is -2.60. The second-order valence-corrected chi connectivity index (χ2v) is 9.93. The number of rotatable bonds is 5. The number of fused-ring (bicyclic) bond motifs is 1. The Morgan fingerprint density at radius 2 is 2.11 bits per heavy atom. The standard InChI is InChI=1S/C26H31ClFN5O2/c1-17(22-8-6-19(27)12-23(22)28)33-25-13-20(7-5-18(25)14-30-33)31-10-11-32(21(15-31)16-34)26(35)24-4-2-3-9-29-24/h5-8,12-14,17,21,24,29,34H,2-4,9-11,15-16H2,1H3/t17-,21?,24?/m1/s1. The molecule has 2 fully saturated rings. The van der Waals surface area contributed by atoms with E-state index in [4.69, 9.17) is 11.6 Å². The number of anilines is 1. The van der Waals surface area contributed by atoms with Gasteiger partial charge in [0.2, 0.25) is 5.91 Å². The molecule has 0 saturated carbocycles. The highest BCUT2D eigenvalue weighted by Gasteiger charge is 2.34. The van der Waals surface area contributed by atoms with E-state index >= 15 is 0 Å². The van der Waals surface area contributed by atoms with Crippen molar-refractivity contribution in [1.29, 1.82) is 0 Å². The molecule has 3 heterocycles. The Hall–Kier alpha value is -2.68. The van der Waals surface area contributed by atoms with Gasteiger partial charge < -0.3 is 20.2 Å². The van der Waals surface area contributed by atoms with E-state index in [0.29, 0.717) is 30.2 Å². The molecular formula is C26H31ClFN5O2. The first-order valence-electron chi connectivity index (χ1n) is 12.3. The van der Waals surface area contributed by atoms with Crippen LogP contribution in [0.15, 0.2) is 42.6 Å². The molecule has 2 N–H and O–H groups in total. The van der Waals surface area contributed by atoms with Crippen LogP contribution in [-0.4, -0.2) is 70.6 Å². The number of aliphatic hydroxyl groups excluding tert-OH is 1. The normalized spacial score (nSPS) is 21.9. The second kappa shape index (κ2) is 10.1. The van der Waals surface area contributed by atoms with Crippen molar-refractivity contribution in [3.63, 3.8) is 0 Å². The molecule has 7 nitrogen and oxygen atoms in total. The number of aliphatic hydroxyl groups is 1. The average molecular weight is 500 g/mol. The second-order valence-electron chi connectivity index (χ2n) is 9.49. The molecule has 2 unspecified atom stereocenters. The molecule has 2 aliphatic heterocycles. The molecule has 3 aromatic rings. The smallest absolute Gasteiger partial charge is 0.240 e. The molecule has 3 atom stereocenters. The van der Waals surface area contributed by atoms with Gasteiger partial charge in [0.15, 0.2) is 0 Å². The summed E-state index contributed by atoms with van der Waals surface area (Å²) in [6, 6.07) is 10.1. The number of aromatic nitrogens is 2. The SMILES string of the molecule is C[C@H](c1ccc(Cl)cc1F)n1ncc2ccc(N3CCN(C(=O)C4CCCCN4)C(CO)C3)cc21. The lowest BCUT2D eigenvalue weighted by atomic mass is 10.0. The summed E-state index contributed by atoms with van der Waals surface area (Å²) in [6.07, 6.45) is 4.79. The Morgan fingerprint density at radius 1 is 1.26 bits per heavy atom. The molecule has 1 aromatic heterocycles. The van der Waals surface area contributed by atoms with Gasteiger partial charge >= 0.3 is 0 Å². The summed E-state index contributed by atoms with van der Waals surface area (Å²) in [6.45, 7) is 4.49. The minimum absolute atomic E-state index is 0.0813. The molecule has 0 bridgehead atoms. The number of benzene rings is 2. The van der Waals surface area contributed by atoms with Crippen LogP contribution < -0.4 is 10.2 Å². The van der Waals surface area contributed by atoms with Crippen molar-refractivity contribution in [3.05, 3.63) is 59.0 Å². The zero-order chi connectivity index (χ0) is 24.5. The van der Waals surface area contributed by atoms with E-state index in [-0.39, 0.29) is 36.5 Å². The lowest BCUT2D eigenvalue weighted by molar-refractivity contribution is -0.137. The van der Waals surface area contributed by atoms with Crippen molar-refractivity contribution in [1.82, 2.24) is 20.0 Å². The molecule has 186 valence electrons. The fraction of sp³-hybridized carbons (Fsp3) is 0.462. The average Bonchev–Trinajstić information content (AvgIpc) is 3.31. The van der Waals surface area contributed by atoms with Gasteiger partial charge in [-0.05, 0) is 56.6 Å². The summed E-state index contributed by atoms with van der Waals surface area (Å²) in [5, 5.41) is 19.3. The zero-order valence-electron chi connectivity index (χ0n) is 19.8. The number of piperidine rings is 1. The Kier molecular flexibility index (Phi) is 6.95. The van der Waals surface area contributed by atoms with Crippen molar-refractivity contribution >= 4 is 34.1 Å². The quantitative estimate of drug-likeness (QED) is 0.561. The highest BCUT2D eigenvalue weighted by Crippen LogP contribution is 2.30. The monoisotopic (exact) mass is 499 g/mol. The van der Waals surface area contributed by atoms with Gasteiger partial charge in [0.1, 0.15) is 5.82 Å². The third-order valence-electron chi connectivity index (χ3n) is 7.31. The maximum Gasteiger partial charge on any atom is 0.240 e. The van der Waals surface area contributed by atoms with Crippen molar-refractivity contribution in [2.45, 2.75) is 44.3 Å². The van der Waals surface area contributed by atoms with Gasteiger partial charge in [-0.1, -0.05) is 24.1 Å². The Bertz CT molecular complexity index is 1210. The molecule has 0 radical (unpaired) electrons. The first-order chi connectivity index (χ1) is 17.0. The maximum atomic E-state index is 14.6. The van der Waals surface area contributed by atoms with E-state index in [9.17, 15) is 14.3 Å². The highest BCUT2D eigenvalue weighted by molar-refractivity contribution is 6.30. The Labute approximate surface area is 209 Å². The number of carbonyl (C=O) groups excluding carboxylic acids is 1. The molecule has 5 rings (SSSR count). The van der Waals surface area contributed by atoms with Gasteiger partial charge in [0.05, 0.1) is 36.4 Å². The Morgan fingerprint density at radius 3 is 2.86 bits per heavy atom. The summed E-state index contributed by atoms with van der Waals surface area (Å²) < 4.78 is 16.4. The third-order valence-corrected chi connectivity index (χ3v) is 7.55. The first-order valence-corrected chi connectivity index (χ1v) is 12.7. The number of hydrogen-bond donors (Lipinski definition) is 2. The third kappa shape index (κ3) is 4.75. The molecule has 35 heavy (non-hydrogen) atoms. The first kappa shape index (κ1) is 24.0. The van der Waals surface area contributed by atoms with Crippen molar-refractivity contribution in [2.24, 2.45) is 0 Å². The molecule has 2 aromatic carbocycles. The minimum atomic E-state index is -0.358. The van der Waals surface area contributed by atoms with Crippen molar-refractivity contribution in [2.75, 3.05) is 37.7 Å². The lowest BCUT2D eigenvalue weighted by Gasteiger charge is -2.43. The van der Waals surface area contributed by atoms with E-state index in [1.807, 2.05) is 28.6 Å². The molecule has 9 heteroatoms. The molecule has 2 aliphatic rings. The predicted molar refractivity (Wildman–Crippen MR) is 135 cm³/mol. The summed E-state index contributed by atoms with van der Waals surface area (Å²) in [5.74, 6) is -0.264. The molecule has 2 saturated heterocycles. The highest BCUT2D eigenvalue weighted by atomic mass is 35.5. The molecular weight excluding hydrogens is 469 g/mol. The fourth-order valence-electron chi connectivity index (χ4n) is 5.30. The van der Waals surface area contributed by atoms with Crippen LogP contribution in [0.3, 0.4) is 0 Å². The van der Waals surface area contributed by atoms with Gasteiger partial charge in [-0.15, -0.1) is 0 Å². The molecule has 0 aliphatic carbocycles. The van der Waals surface area contributed by atoms with Gasteiger partial charge in [0.25, 0.3) is 0 Å². The van der Waals surface area contributed by atoms with Crippen LogP contribution in [0.2, 0.25) is 5.02 Å². The van der Waals surface area contributed by atoms with E-state index in [1.165, 1.54) is 6.07 Å². The van der Waals surface area contributed by atoms with E-state index in [2.05, 4.69) is 21.4 Å². The summed E-state index contributed by atoms with van der Waals surface area (Å²) in [7, 11) is 0. The number of halogens is 2. The predicted octanol–water partition coefficient (Wildman–Crippen LogP) is 3.59. The number of nitrogens with one attached hydrogen (secondary N) is 1. The Balaban J connectivity index is 1.37. The van der Waals surface area contributed by atoms with Crippen LogP contribution in [0, 0.1) is 5.82 Å². The zero-order valence-corrected chi connectivity index (χ0v) is 20.6. The van der Waals surface area contributed by atoms with Crippen LogP contribution in [0.1, 0.15) is 37.8 Å². The van der Waals surface area contributed by atoms with Crippen molar-refractivity contribution in [3.8, 4) is 0 Å². The number of amides is 1. The van der Waals surface area contributed by atoms with Gasteiger partial charge in [-0.25, -0.2) is 4.39 Å². The van der Waals surface area contributed by atoms with Crippen LogP contribution >= 0.6 is 11.6 Å². The van der Waals surface area contributed by atoms with Crippen LogP contribution in [0.25, 0.3) is 10.9 Å².